The van der Waals surface area contributed by atoms with Gasteiger partial charge in [-0.3, -0.25) is 10.2 Å². The van der Waals surface area contributed by atoms with Crippen molar-refractivity contribution < 1.29 is 14.3 Å². The van der Waals surface area contributed by atoms with Gasteiger partial charge >= 0.3 is 0 Å². The van der Waals surface area contributed by atoms with Crippen molar-refractivity contribution in [2.45, 2.75) is 33.1 Å². The smallest absolute Gasteiger partial charge is 0.265 e. The summed E-state index contributed by atoms with van der Waals surface area (Å²) >= 11 is 0. The van der Waals surface area contributed by atoms with Crippen LogP contribution in [0, 0.1) is 5.92 Å². The highest BCUT2D eigenvalue weighted by Crippen LogP contribution is 2.28. The fraction of sp³-hybridized carbons (Fsp3) is 0.588. The van der Waals surface area contributed by atoms with Crippen LogP contribution in [0.15, 0.2) is 18.2 Å². The number of methoxy groups -OCH3 is 1. The Balaban J connectivity index is 2.02. The first kappa shape index (κ1) is 16.6. The molecule has 22 heavy (non-hydrogen) atoms. The molecule has 1 aliphatic rings. The van der Waals surface area contributed by atoms with Crippen LogP contribution in [0.25, 0.3) is 0 Å². The number of amides is 1. The number of hydrogen-bond donors (Lipinski definition) is 1. The molecule has 0 unspecified atom stereocenters. The highest BCUT2D eigenvalue weighted by molar-refractivity contribution is 5.94. The lowest BCUT2D eigenvalue weighted by Gasteiger charge is -2.26. The van der Waals surface area contributed by atoms with Crippen molar-refractivity contribution in [2.24, 2.45) is 5.92 Å². The lowest BCUT2D eigenvalue weighted by atomic mass is 10.1. The number of hydrogen-bond acceptors (Lipinski definition) is 4. The van der Waals surface area contributed by atoms with Crippen LogP contribution in [-0.4, -0.2) is 37.7 Å². The van der Waals surface area contributed by atoms with E-state index in [0.717, 1.165) is 25.9 Å². The fourth-order valence-corrected chi connectivity index (χ4v) is 2.40. The van der Waals surface area contributed by atoms with E-state index in [-0.39, 0.29) is 5.91 Å². The summed E-state index contributed by atoms with van der Waals surface area (Å²) in [5.74, 6) is 1.60. The first-order valence-corrected chi connectivity index (χ1v) is 7.97. The summed E-state index contributed by atoms with van der Waals surface area (Å²) in [5.41, 5.74) is 3.54. The number of ether oxygens (including phenoxy) is 2. The van der Waals surface area contributed by atoms with E-state index < -0.39 is 0 Å². The molecule has 0 atom stereocenters. The first-order valence-electron chi connectivity index (χ1n) is 7.97. The quantitative estimate of drug-likeness (QED) is 0.878. The van der Waals surface area contributed by atoms with Gasteiger partial charge in [-0.15, -0.1) is 0 Å². The highest BCUT2D eigenvalue weighted by Gasteiger charge is 2.16. The van der Waals surface area contributed by atoms with Crippen LogP contribution < -0.4 is 14.9 Å². The lowest BCUT2D eigenvalue weighted by molar-refractivity contribution is 0.0749. The van der Waals surface area contributed by atoms with E-state index in [4.69, 9.17) is 9.47 Å². The maximum Gasteiger partial charge on any atom is 0.265 e. The topological polar surface area (TPSA) is 50.8 Å². The van der Waals surface area contributed by atoms with Gasteiger partial charge in [-0.25, -0.2) is 5.01 Å². The number of piperidine rings is 1. The van der Waals surface area contributed by atoms with Crippen molar-refractivity contribution in [3.63, 3.8) is 0 Å². The summed E-state index contributed by atoms with van der Waals surface area (Å²) in [7, 11) is 1.59. The largest absolute Gasteiger partial charge is 0.493 e. The van der Waals surface area contributed by atoms with Crippen molar-refractivity contribution >= 4 is 5.91 Å². The molecule has 1 aromatic carbocycles. The Bertz CT molecular complexity index is 497. The Kier molecular flexibility index (Phi) is 6.07. The Morgan fingerprint density at radius 2 is 1.95 bits per heavy atom. The van der Waals surface area contributed by atoms with E-state index in [0.29, 0.717) is 29.6 Å². The molecule has 1 aliphatic heterocycles. The van der Waals surface area contributed by atoms with Gasteiger partial charge in [-0.05, 0) is 37.0 Å². The van der Waals surface area contributed by atoms with Crippen LogP contribution in [0.2, 0.25) is 0 Å². The predicted molar refractivity (Wildman–Crippen MR) is 86.2 cm³/mol. The number of rotatable bonds is 6. The molecule has 5 heteroatoms. The number of nitrogens with one attached hydrogen (secondary N) is 1. The third-order valence-corrected chi connectivity index (χ3v) is 3.61. The van der Waals surface area contributed by atoms with Crippen molar-refractivity contribution in [1.29, 1.82) is 0 Å². The van der Waals surface area contributed by atoms with Crippen LogP contribution in [0.5, 0.6) is 11.5 Å². The minimum atomic E-state index is -0.101. The van der Waals surface area contributed by atoms with E-state index in [1.54, 1.807) is 25.3 Å². The van der Waals surface area contributed by atoms with E-state index >= 15 is 0 Å². The molecule has 1 aromatic rings. The average Bonchev–Trinajstić information content (AvgIpc) is 2.53. The molecule has 0 spiro atoms. The third-order valence-electron chi connectivity index (χ3n) is 3.61. The van der Waals surface area contributed by atoms with E-state index in [1.807, 2.05) is 5.01 Å². The molecular formula is C17H26N2O3. The number of nitrogens with zero attached hydrogens (tertiary/aromatic N) is 1. The van der Waals surface area contributed by atoms with Crippen LogP contribution in [0.3, 0.4) is 0 Å². The molecule has 0 saturated carbocycles. The van der Waals surface area contributed by atoms with Crippen LogP contribution in [0.4, 0.5) is 0 Å². The van der Waals surface area contributed by atoms with Crippen molar-refractivity contribution in [1.82, 2.24) is 10.4 Å². The normalized spacial score (nSPS) is 15.6. The molecule has 1 fully saturated rings. The van der Waals surface area contributed by atoms with E-state index in [9.17, 15) is 4.79 Å². The van der Waals surface area contributed by atoms with Crippen LogP contribution >= 0.6 is 0 Å². The van der Waals surface area contributed by atoms with Gasteiger partial charge in [0.25, 0.3) is 5.91 Å². The van der Waals surface area contributed by atoms with Gasteiger partial charge in [0.05, 0.1) is 13.7 Å². The molecule has 1 saturated heterocycles. The molecule has 1 N–H and O–H groups in total. The van der Waals surface area contributed by atoms with Gasteiger partial charge in [0.15, 0.2) is 11.5 Å². The number of hydrazine groups is 1. The summed E-state index contributed by atoms with van der Waals surface area (Å²) in [6.45, 7) is 6.63. The van der Waals surface area contributed by atoms with Crippen molar-refractivity contribution in [3.05, 3.63) is 23.8 Å². The molecule has 1 amide bonds. The Hall–Kier alpha value is -1.75. The van der Waals surface area contributed by atoms with Gasteiger partial charge in [0.2, 0.25) is 0 Å². The SMILES string of the molecule is COc1cc(C(=O)NN2CCCCC2)ccc1OCC(C)C. The monoisotopic (exact) mass is 306 g/mol. The van der Waals surface area contributed by atoms with E-state index in [1.165, 1.54) is 6.42 Å². The Morgan fingerprint density at radius 1 is 1.23 bits per heavy atom. The highest BCUT2D eigenvalue weighted by atomic mass is 16.5. The molecule has 1 heterocycles. The number of carbonyl (C=O) groups excluding carboxylic acids is 1. The molecular weight excluding hydrogens is 280 g/mol. The Morgan fingerprint density at radius 3 is 2.59 bits per heavy atom. The summed E-state index contributed by atoms with van der Waals surface area (Å²) in [4.78, 5) is 12.3. The molecule has 0 aromatic heterocycles. The van der Waals surface area contributed by atoms with Crippen LogP contribution in [0.1, 0.15) is 43.5 Å². The summed E-state index contributed by atoms with van der Waals surface area (Å²) < 4.78 is 11.0. The molecule has 2 rings (SSSR count). The predicted octanol–water partition coefficient (Wildman–Crippen LogP) is 2.86. The Labute approximate surface area is 132 Å². The molecule has 122 valence electrons. The second-order valence-electron chi connectivity index (χ2n) is 6.06. The summed E-state index contributed by atoms with van der Waals surface area (Å²) in [6, 6.07) is 5.30. The van der Waals surface area contributed by atoms with Gasteiger partial charge in [0, 0.05) is 18.7 Å². The minimum absolute atomic E-state index is 0.101. The number of carbonyl (C=O) groups is 1. The van der Waals surface area contributed by atoms with Crippen LogP contribution in [-0.2, 0) is 0 Å². The minimum Gasteiger partial charge on any atom is -0.493 e. The van der Waals surface area contributed by atoms with Crippen molar-refractivity contribution in [3.8, 4) is 11.5 Å². The molecule has 0 aliphatic carbocycles. The molecule has 0 radical (unpaired) electrons. The second-order valence-corrected chi connectivity index (χ2v) is 6.06. The molecule has 0 bridgehead atoms. The standard InChI is InChI=1S/C17H26N2O3/c1-13(2)12-22-15-8-7-14(11-16(15)21-3)17(20)18-19-9-5-4-6-10-19/h7-8,11,13H,4-6,9-10,12H2,1-3H3,(H,18,20). The zero-order valence-corrected chi connectivity index (χ0v) is 13.7. The fourth-order valence-electron chi connectivity index (χ4n) is 2.40. The van der Waals surface area contributed by atoms with Crippen molar-refractivity contribution in [2.75, 3.05) is 26.8 Å². The van der Waals surface area contributed by atoms with Gasteiger partial charge in [-0.2, -0.15) is 0 Å². The maximum atomic E-state index is 12.3. The van der Waals surface area contributed by atoms with Gasteiger partial charge in [0.1, 0.15) is 0 Å². The van der Waals surface area contributed by atoms with Gasteiger partial charge in [-0.1, -0.05) is 20.3 Å². The zero-order valence-electron chi connectivity index (χ0n) is 13.7. The third kappa shape index (κ3) is 4.63. The zero-order chi connectivity index (χ0) is 15.9. The lowest BCUT2D eigenvalue weighted by Crippen LogP contribution is -2.45. The average molecular weight is 306 g/mol. The van der Waals surface area contributed by atoms with Gasteiger partial charge < -0.3 is 9.47 Å². The number of benzene rings is 1. The molecule has 5 nitrogen and oxygen atoms in total. The second kappa shape index (κ2) is 8.03. The maximum absolute atomic E-state index is 12.3. The van der Waals surface area contributed by atoms with E-state index in [2.05, 4.69) is 19.3 Å². The summed E-state index contributed by atoms with van der Waals surface area (Å²) in [5, 5.41) is 1.99. The first-order chi connectivity index (χ1) is 10.6. The summed E-state index contributed by atoms with van der Waals surface area (Å²) in [6.07, 6.45) is 3.50.